The van der Waals surface area contributed by atoms with Gasteiger partial charge in [0.05, 0.1) is 22.9 Å². The lowest BCUT2D eigenvalue weighted by Gasteiger charge is -2.24. The predicted molar refractivity (Wildman–Crippen MR) is 163 cm³/mol. The maximum Gasteiger partial charge on any atom is 0.416 e. The Hall–Kier alpha value is -3.57. The summed E-state index contributed by atoms with van der Waals surface area (Å²) in [6.07, 6.45) is -5.11. The smallest absolute Gasteiger partial charge is 0.350 e. The van der Waals surface area contributed by atoms with E-state index in [2.05, 4.69) is 10.6 Å². The quantitative estimate of drug-likeness (QED) is 0.163. The molecule has 250 valence electrons. The number of sulfonamides is 1. The van der Waals surface area contributed by atoms with E-state index in [1.807, 2.05) is 0 Å². The number of carbonyl (C=O) groups excluding carboxylic acids is 3. The molecule has 2 rings (SSSR count). The van der Waals surface area contributed by atoms with Gasteiger partial charge in [0.15, 0.2) is 0 Å². The van der Waals surface area contributed by atoms with E-state index in [0.717, 1.165) is 12.1 Å². The Morgan fingerprint density at radius 3 is 1.89 bits per heavy atom. The lowest BCUT2D eigenvalue weighted by atomic mass is 10.0. The second-order valence-electron chi connectivity index (χ2n) is 10.2. The zero-order chi connectivity index (χ0) is 33.8. The van der Waals surface area contributed by atoms with E-state index >= 15 is 0 Å². The van der Waals surface area contributed by atoms with Crippen molar-refractivity contribution in [3.63, 3.8) is 0 Å². The van der Waals surface area contributed by atoms with Gasteiger partial charge in [0.1, 0.15) is 6.04 Å². The van der Waals surface area contributed by atoms with Gasteiger partial charge in [-0.3, -0.25) is 14.4 Å². The number of halogens is 3. The Morgan fingerprint density at radius 2 is 1.40 bits per heavy atom. The molecule has 2 atom stereocenters. The fourth-order valence-electron chi connectivity index (χ4n) is 4.44. The average Bonchev–Trinajstić information content (AvgIpc) is 2.99. The molecule has 16 heteroatoms. The molecule has 0 saturated carbocycles. The Kier molecular flexibility index (Phi) is 14.4. The monoisotopic (exact) mass is 657 g/mol. The van der Waals surface area contributed by atoms with Crippen LogP contribution >= 0.6 is 0 Å². The Bertz CT molecular complexity index is 1360. The molecular formula is C29H42F3N7O5S. The minimum absolute atomic E-state index is 0.0402. The molecule has 0 saturated heterocycles. The molecule has 0 heterocycles. The Balaban J connectivity index is 2.20. The van der Waals surface area contributed by atoms with Gasteiger partial charge in [-0.25, -0.2) is 8.42 Å². The average molecular weight is 658 g/mol. The van der Waals surface area contributed by atoms with Crippen LogP contribution in [0.15, 0.2) is 53.4 Å². The minimum Gasteiger partial charge on any atom is -0.350 e. The van der Waals surface area contributed by atoms with E-state index in [4.69, 9.17) is 17.2 Å². The normalized spacial score (nSPS) is 13.3. The molecule has 0 spiro atoms. The maximum atomic E-state index is 13.2. The van der Waals surface area contributed by atoms with Crippen molar-refractivity contribution in [1.82, 2.24) is 19.8 Å². The highest BCUT2D eigenvalue weighted by molar-refractivity contribution is 7.89. The summed E-state index contributed by atoms with van der Waals surface area (Å²) in [7, 11) is -3.68. The van der Waals surface area contributed by atoms with Gasteiger partial charge in [-0.2, -0.15) is 17.5 Å². The van der Waals surface area contributed by atoms with Crippen molar-refractivity contribution in [2.45, 2.75) is 56.4 Å². The van der Waals surface area contributed by atoms with E-state index in [1.54, 1.807) is 13.8 Å². The van der Waals surface area contributed by atoms with Crippen molar-refractivity contribution < 1.29 is 36.0 Å². The summed E-state index contributed by atoms with van der Waals surface area (Å²) >= 11 is 0. The van der Waals surface area contributed by atoms with Gasteiger partial charge in [0, 0.05) is 52.2 Å². The summed E-state index contributed by atoms with van der Waals surface area (Å²) in [6, 6.07) is 7.46. The molecule has 12 nitrogen and oxygen atoms in total. The van der Waals surface area contributed by atoms with Crippen LogP contribution in [0.1, 0.15) is 37.0 Å². The standard InChI is InChI=1S/C29H42F3N7O5S/c1-3-39(4-2)45(43,44)23-11-7-21(8-12-23)19-36-28(42)25(17-20-5-9-22(10-6-20)29(30,31)32)37-27(41)24(35)18-26(40)38(15-13-33)16-14-34/h5-12,24-25H,3-4,13-19,33-35H2,1-2H3,(H,36,42)(H,37,41)/t24-,25-/m0/s1. The van der Waals surface area contributed by atoms with Gasteiger partial charge in [-0.15, -0.1) is 0 Å². The number of rotatable bonds is 17. The van der Waals surface area contributed by atoms with Gasteiger partial charge < -0.3 is 32.7 Å². The molecular weight excluding hydrogens is 615 g/mol. The molecule has 0 aliphatic carbocycles. The van der Waals surface area contributed by atoms with Gasteiger partial charge in [0.25, 0.3) is 0 Å². The summed E-state index contributed by atoms with van der Waals surface area (Å²) in [5, 5.41) is 5.16. The number of benzene rings is 2. The molecule has 45 heavy (non-hydrogen) atoms. The van der Waals surface area contributed by atoms with Crippen LogP contribution in [0.25, 0.3) is 0 Å². The van der Waals surface area contributed by atoms with E-state index < -0.39 is 51.6 Å². The molecule has 2 aromatic rings. The van der Waals surface area contributed by atoms with Crippen molar-refractivity contribution in [2.24, 2.45) is 17.2 Å². The van der Waals surface area contributed by atoms with Crippen LogP contribution in [0.2, 0.25) is 0 Å². The summed E-state index contributed by atoms with van der Waals surface area (Å²) in [6.45, 7) is 4.81. The van der Waals surface area contributed by atoms with Crippen LogP contribution < -0.4 is 27.8 Å². The highest BCUT2D eigenvalue weighted by Crippen LogP contribution is 2.29. The number of nitrogens with one attached hydrogen (secondary N) is 2. The van der Waals surface area contributed by atoms with E-state index in [-0.39, 0.29) is 50.5 Å². The first-order chi connectivity index (χ1) is 21.2. The topological polar surface area (TPSA) is 194 Å². The molecule has 0 aliphatic heterocycles. The number of hydrogen-bond donors (Lipinski definition) is 5. The first kappa shape index (κ1) is 37.6. The maximum absolute atomic E-state index is 13.2. The van der Waals surface area contributed by atoms with Crippen molar-refractivity contribution in [2.75, 3.05) is 39.3 Å². The largest absolute Gasteiger partial charge is 0.416 e. The minimum atomic E-state index is -4.55. The number of alkyl halides is 3. The number of carbonyl (C=O) groups is 3. The lowest BCUT2D eigenvalue weighted by molar-refractivity contribution is -0.137. The van der Waals surface area contributed by atoms with Crippen LogP contribution in [0.4, 0.5) is 13.2 Å². The van der Waals surface area contributed by atoms with Crippen LogP contribution in [-0.2, 0) is 43.5 Å². The van der Waals surface area contributed by atoms with Crippen LogP contribution in [0, 0.1) is 0 Å². The summed E-state index contributed by atoms with van der Waals surface area (Å²) in [5.41, 5.74) is 17.1. The first-order valence-corrected chi connectivity index (χ1v) is 15.9. The number of amides is 3. The second-order valence-corrected chi connectivity index (χ2v) is 12.1. The lowest BCUT2D eigenvalue weighted by Crippen LogP contribution is -2.53. The van der Waals surface area contributed by atoms with Crippen molar-refractivity contribution >= 4 is 27.7 Å². The van der Waals surface area contributed by atoms with Crippen LogP contribution in [0.5, 0.6) is 0 Å². The molecule has 2 aromatic carbocycles. The highest BCUT2D eigenvalue weighted by atomic mass is 32.2. The number of hydrogen-bond acceptors (Lipinski definition) is 8. The third kappa shape index (κ3) is 11.1. The third-order valence-corrected chi connectivity index (χ3v) is 9.03. The molecule has 0 fully saturated rings. The predicted octanol–water partition coefficient (Wildman–Crippen LogP) is 0.543. The van der Waals surface area contributed by atoms with E-state index in [0.29, 0.717) is 24.2 Å². The first-order valence-electron chi connectivity index (χ1n) is 14.4. The summed E-state index contributed by atoms with van der Waals surface area (Å²) in [5.74, 6) is -1.94. The zero-order valence-corrected chi connectivity index (χ0v) is 26.2. The number of nitrogens with two attached hydrogens (primary N) is 3. The van der Waals surface area contributed by atoms with Gasteiger partial charge in [-0.05, 0) is 35.4 Å². The Morgan fingerprint density at radius 1 is 0.867 bits per heavy atom. The van der Waals surface area contributed by atoms with E-state index in [9.17, 15) is 36.0 Å². The molecule has 8 N–H and O–H groups in total. The highest BCUT2D eigenvalue weighted by Gasteiger charge is 2.31. The fraction of sp³-hybridized carbons (Fsp3) is 0.483. The van der Waals surface area contributed by atoms with Gasteiger partial charge in [-0.1, -0.05) is 38.1 Å². The van der Waals surface area contributed by atoms with E-state index in [1.165, 1.54) is 45.6 Å². The molecule has 0 radical (unpaired) electrons. The number of nitrogens with zero attached hydrogens (tertiary/aromatic N) is 2. The SMILES string of the molecule is CCN(CC)S(=O)(=O)c1ccc(CNC(=O)[C@H](Cc2ccc(C(F)(F)F)cc2)NC(=O)[C@@H](N)CC(=O)N(CCN)CCN)cc1. The third-order valence-electron chi connectivity index (χ3n) is 6.97. The van der Waals surface area contributed by atoms with Crippen LogP contribution in [-0.4, -0.2) is 86.7 Å². The van der Waals surface area contributed by atoms with Crippen molar-refractivity contribution in [3.05, 3.63) is 65.2 Å². The van der Waals surface area contributed by atoms with Crippen molar-refractivity contribution in [3.8, 4) is 0 Å². The van der Waals surface area contributed by atoms with Gasteiger partial charge in [0.2, 0.25) is 27.7 Å². The molecule has 3 amide bonds. The molecule has 0 unspecified atom stereocenters. The molecule has 0 aliphatic rings. The fourth-order valence-corrected chi connectivity index (χ4v) is 5.90. The Labute approximate surface area is 261 Å². The zero-order valence-electron chi connectivity index (χ0n) is 25.3. The summed E-state index contributed by atoms with van der Waals surface area (Å²) in [4.78, 5) is 40.3. The molecule has 0 aromatic heterocycles. The van der Waals surface area contributed by atoms with Crippen LogP contribution in [0.3, 0.4) is 0 Å². The van der Waals surface area contributed by atoms with Gasteiger partial charge >= 0.3 is 6.18 Å². The van der Waals surface area contributed by atoms with Crippen molar-refractivity contribution in [1.29, 1.82) is 0 Å². The summed E-state index contributed by atoms with van der Waals surface area (Å²) < 4.78 is 65.9. The second kappa shape index (κ2) is 17.2. The molecule has 0 bridgehead atoms.